The molecule has 1 aliphatic rings. The molecule has 0 bridgehead atoms. The van der Waals surface area contributed by atoms with Crippen LogP contribution in [0, 0.1) is 5.41 Å². The average Bonchev–Trinajstić information content (AvgIpc) is 2.28. The summed E-state index contributed by atoms with van der Waals surface area (Å²) in [7, 11) is 0. The Morgan fingerprint density at radius 1 is 1.29 bits per heavy atom. The fourth-order valence-electron chi connectivity index (χ4n) is 2.25. The van der Waals surface area contributed by atoms with E-state index in [1.165, 1.54) is 5.56 Å². The smallest absolute Gasteiger partial charge is 0.122 e. The van der Waals surface area contributed by atoms with Crippen molar-refractivity contribution in [1.29, 1.82) is 0 Å². The molecule has 2 nitrogen and oxygen atoms in total. The Balaban J connectivity index is 1.95. The van der Waals surface area contributed by atoms with Gasteiger partial charge in [0.15, 0.2) is 0 Å². The molecule has 1 aromatic rings. The number of hydrogen-bond acceptors (Lipinski definition) is 2. The van der Waals surface area contributed by atoms with Crippen LogP contribution in [0.2, 0.25) is 0 Å². The average molecular weight is 233 g/mol. The lowest BCUT2D eigenvalue weighted by atomic mass is 9.92. The van der Waals surface area contributed by atoms with Crippen LogP contribution in [0.4, 0.5) is 0 Å². The Morgan fingerprint density at radius 3 is 2.82 bits per heavy atom. The number of ether oxygens (including phenoxy) is 1. The van der Waals surface area contributed by atoms with Crippen LogP contribution in [-0.2, 0) is 0 Å². The van der Waals surface area contributed by atoms with Crippen LogP contribution in [0.5, 0.6) is 5.75 Å². The molecule has 0 spiro atoms. The second kappa shape index (κ2) is 5.09. The first-order valence-corrected chi connectivity index (χ1v) is 6.49. The van der Waals surface area contributed by atoms with E-state index in [1.807, 2.05) is 6.07 Å². The van der Waals surface area contributed by atoms with E-state index in [0.717, 1.165) is 31.9 Å². The summed E-state index contributed by atoms with van der Waals surface area (Å²) in [5, 5.41) is 3.58. The minimum atomic E-state index is 0.352. The Kier molecular flexibility index (Phi) is 3.72. The maximum absolute atomic E-state index is 5.67. The molecule has 1 aromatic carbocycles. The van der Waals surface area contributed by atoms with Crippen molar-refractivity contribution in [3.8, 4) is 5.75 Å². The van der Waals surface area contributed by atoms with Gasteiger partial charge >= 0.3 is 0 Å². The van der Waals surface area contributed by atoms with E-state index in [1.54, 1.807) is 0 Å². The topological polar surface area (TPSA) is 21.3 Å². The summed E-state index contributed by atoms with van der Waals surface area (Å²) in [5.41, 5.74) is 1.71. The Labute approximate surface area is 104 Å². The molecule has 1 heterocycles. The Morgan fingerprint density at radius 2 is 2.06 bits per heavy atom. The molecule has 1 N–H and O–H groups in total. The van der Waals surface area contributed by atoms with Crippen LogP contribution in [0.1, 0.15) is 38.7 Å². The van der Waals surface area contributed by atoms with Gasteiger partial charge < -0.3 is 10.1 Å². The summed E-state index contributed by atoms with van der Waals surface area (Å²) in [6, 6.07) is 8.41. The quantitative estimate of drug-likeness (QED) is 0.865. The lowest BCUT2D eigenvalue weighted by Gasteiger charge is -2.27. The third-order valence-corrected chi connectivity index (χ3v) is 3.13. The number of para-hydroxylation sites is 1. The molecule has 0 radical (unpaired) electrons. The van der Waals surface area contributed by atoms with E-state index in [4.69, 9.17) is 4.74 Å². The van der Waals surface area contributed by atoms with Gasteiger partial charge in [0.2, 0.25) is 0 Å². The summed E-state index contributed by atoms with van der Waals surface area (Å²) in [6.45, 7) is 9.75. The van der Waals surface area contributed by atoms with Crippen LogP contribution in [0.25, 0.3) is 0 Å². The summed E-state index contributed by atoms with van der Waals surface area (Å²) in [4.78, 5) is 0. The van der Waals surface area contributed by atoms with E-state index in [-0.39, 0.29) is 0 Å². The highest BCUT2D eigenvalue weighted by Crippen LogP contribution is 2.32. The molecule has 0 fully saturated rings. The summed E-state index contributed by atoms with van der Waals surface area (Å²) >= 11 is 0. The van der Waals surface area contributed by atoms with Crippen LogP contribution in [-0.4, -0.2) is 19.7 Å². The minimum Gasteiger partial charge on any atom is -0.493 e. The molecule has 0 aliphatic carbocycles. The fraction of sp³-hybridized carbons (Fsp3) is 0.600. The standard InChI is InChI=1S/C15H23NO/c1-15(2,3)11-16-10-12-8-9-17-14-7-5-4-6-13(12)14/h4-7,12,16H,8-11H2,1-3H3. The molecule has 1 aliphatic heterocycles. The highest BCUT2D eigenvalue weighted by Gasteiger charge is 2.21. The van der Waals surface area contributed by atoms with E-state index in [0.29, 0.717) is 11.3 Å². The second-order valence-electron chi connectivity index (χ2n) is 6.06. The third kappa shape index (κ3) is 3.47. The van der Waals surface area contributed by atoms with Gasteiger partial charge in [-0.1, -0.05) is 39.0 Å². The van der Waals surface area contributed by atoms with Gasteiger partial charge in [0.25, 0.3) is 0 Å². The van der Waals surface area contributed by atoms with Crippen molar-refractivity contribution >= 4 is 0 Å². The summed E-state index contributed by atoms with van der Waals surface area (Å²) in [5.74, 6) is 1.67. The van der Waals surface area contributed by atoms with Gasteiger partial charge in [0.1, 0.15) is 5.75 Å². The van der Waals surface area contributed by atoms with Gasteiger partial charge in [-0.3, -0.25) is 0 Å². The molecule has 0 saturated heterocycles. The van der Waals surface area contributed by atoms with Crippen molar-refractivity contribution in [2.24, 2.45) is 5.41 Å². The molecule has 1 atom stereocenters. The Bertz CT molecular complexity index is 367. The molecule has 2 rings (SSSR count). The van der Waals surface area contributed by atoms with Gasteiger partial charge in [-0.2, -0.15) is 0 Å². The first kappa shape index (κ1) is 12.4. The Hall–Kier alpha value is -1.02. The molecule has 0 amide bonds. The van der Waals surface area contributed by atoms with Crippen LogP contribution in [0.3, 0.4) is 0 Å². The van der Waals surface area contributed by atoms with Gasteiger partial charge in [0.05, 0.1) is 6.61 Å². The molecule has 0 saturated carbocycles. The van der Waals surface area contributed by atoms with E-state index < -0.39 is 0 Å². The first-order chi connectivity index (χ1) is 8.06. The highest BCUT2D eigenvalue weighted by molar-refractivity contribution is 5.37. The van der Waals surface area contributed by atoms with Crippen molar-refractivity contribution in [2.75, 3.05) is 19.7 Å². The molecule has 1 unspecified atom stereocenters. The SMILES string of the molecule is CC(C)(C)CNCC1CCOc2ccccc21. The fourth-order valence-corrected chi connectivity index (χ4v) is 2.25. The third-order valence-electron chi connectivity index (χ3n) is 3.13. The van der Waals surface area contributed by atoms with Gasteiger partial charge in [-0.25, -0.2) is 0 Å². The van der Waals surface area contributed by atoms with Gasteiger partial charge in [0, 0.05) is 19.0 Å². The van der Waals surface area contributed by atoms with Gasteiger partial charge in [-0.05, 0) is 23.5 Å². The van der Waals surface area contributed by atoms with Crippen molar-refractivity contribution in [3.05, 3.63) is 29.8 Å². The normalized spacial score (nSPS) is 19.6. The van der Waals surface area contributed by atoms with Crippen molar-refractivity contribution in [1.82, 2.24) is 5.32 Å². The largest absolute Gasteiger partial charge is 0.493 e. The molecular formula is C15H23NO. The van der Waals surface area contributed by atoms with Crippen molar-refractivity contribution in [2.45, 2.75) is 33.1 Å². The first-order valence-electron chi connectivity index (χ1n) is 6.49. The zero-order chi connectivity index (χ0) is 12.3. The van der Waals surface area contributed by atoms with Crippen LogP contribution < -0.4 is 10.1 Å². The molecule has 94 valence electrons. The maximum Gasteiger partial charge on any atom is 0.122 e. The second-order valence-corrected chi connectivity index (χ2v) is 6.06. The van der Waals surface area contributed by atoms with Crippen molar-refractivity contribution in [3.63, 3.8) is 0 Å². The summed E-state index contributed by atoms with van der Waals surface area (Å²) in [6.07, 6.45) is 1.12. The highest BCUT2D eigenvalue weighted by atomic mass is 16.5. The van der Waals surface area contributed by atoms with E-state index >= 15 is 0 Å². The minimum absolute atomic E-state index is 0.352. The van der Waals surface area contributed by atoms with Gasteiger partial charge in [-0.15, -0.1) is 0 Å². The number of hydrogen-bond donors (Lipinski definition) is 1. The van der Waals surface area contributed by atoms with E-state index in [9.17, 15) is 0 Å². The maximum atomic E-state index is 5.67. The number of fused-ring (bicyclic) bond motifs is 1. The van der Waals surface area contributed by atoms with Crippen molar-refractivity contribution < 1.29 is 4.74 Å². The monoisotopic (exact) mass is 233 g/mol. The number of nitrogens with one attached hydrogen (secondary N) is 1. The molecule has 17 heavy (non-hydrogen) atoms. The zero-order valence-electron chi connectivity index (χ0n) is 11.1. The molecule has 0 aromatic heterocycles. The predicted octanol–water partition coefficient (Wildman–Crippen LogP) is 3.19. The number of benzene rings is 1. The van der Waals surface area contributed by atoms with Crippen LogP contribution in [0.15, 0.2) is 24.3 Å². The lowest BCUT2D eigenvalue weighted by molar-refractivity contribution is 0.261. The molecular weight excluding hydrogens is 210 g/mol. The zero-order valence-corrected chi connectivity index (χ0v) is 11.1. The predicted molar refractivity (Wildman–Crippen MR) is 71.6 cm³/mol. The summed E-state index contributed by atoms with van der Waals surface area (Å²) < 4.78 is 5.67. The number of rotatable bonds is 3. The van der Waals surface area contributed by atoms with Crippen LogP contribution >= 0.6 is 0 Å². The van der Waals surface area contributed by atoms with E-state index in [2.05, 4.69) is 44.3 Å². The molecule has 2 heteroatoms. The lowest BCUT2D eigenvalue weighted by Crippen LogP contribution is -2.32.